The molecule has 1 atom stereocenters. The summed E-state index contributed by atoms with van der Waals surface area (Å²) in [7, 11) is 0. The van der Waals surface area contributed by atoms with Gasteiger partial charge in [-0.05, 0) is 43.4 Å². The molecule has 0 N–H and O–H groups in total. The lowest BCUT2D eigenvalue weighted by Crippen LogP contribution is -2.42. The van der Waals surface area contributed by atoms with Gasteiger partial charge in [0.05, 0.1) is 12.2 Å². The molecule has 3 rings (SSSR count). The van der Waals surface area contributed by atoms with E-state index in [1.807, 2.05) is 41.3 Å². The smallest absolute Gasteiger partial charge is 0.252 e. The van der Waals surface area contributed by atoms with Crippen LogP contribution in [0.2, 0.25) is 0 Å². The summed E-state index contributed by atoms with van der Waals surface area (Å²) in [5, 5.41) is 0. The van der Waals surface area contributed by atoms with Crippen LogP contribution in [0.3, 0.4) is 0 Å². The second kappa shape index (κ2) is 8.60. The molecule has 1 unspecified atom stereocenters. The van der Waals surface area contributed by atoms with Gasteiger partial charge >= 0.3 is 0 Å². The molecule has 0 radical (unpaired) electrons. The SMILES string of the molecule is O=C(C1CCCCO1)N(CCc1ccccc1)Cc1ccccn1. The third-order valence-corrected chi connectivity index (χ3v) is 4.36. The van der Waals surface area contributed by atoms with Gasteiger partial charge in [0.2, 0.25) is 0 Å². The van der Waals surface area contributed by atoms with Crippen molar-refractivity contribution < 1.29 is 9.53 Å². The second-order valence-corrected chi connectivity index (χ2v) is 6.17. The van der Waals surface area contributed by atoms with Crippen molar-refractivity contribution in [2.45, 2.75) is 38.3 Å². The maximum Gasteiger partial charge on any atom is 0.252 e. The maximum atomic E-state index is 12.9. The molecule has 1 aromatic heterocycles. The van der Waals surface area contributed by atoms with Crippen LogP contribution in [0.4, 0.5) is 0 Å². The fourth-order valence-corrected chi connectivity index (χ4v) is 3.00. The number of carbonyl (C=O) groups is 1. The molecule has 24 heavy (non-hydrogen) atoms. The van der Waals surface area contributed by atoms with Crippen molar-refractivity contribution in [3.63, 3.8) is 0 Å². The minimum atomic E-state index is -0.293. The number of nitrogens with zero attached hydrogens (tertiary/aromatic N) is 2. The largest absolute Gasteiger partial charge is 0.368 e. The summed E-state index contributed by atoms with van der Waals surface area (Å²) in [6.45, 7) is 1.90. The molecule has 4 heteroatoms. The average Bonchev–Trinajstić information content (AvgIpc) is 2.67. The summed E-state index contributed by atoms with van der Waals surface area (Å²) >= 11 is 0. The normalized spacial score (nSPS) is 17.4. The van der Waals surface area contributed by atoms with E-state index in [1.54, 1.807) is 6.20 Å². The minimum absolute atomic E-state index is 0.0938. The van der Waals surface area contributed by atoms with Gasteiger partial charge in [-0.2, -0.15) is 0 Å². The highest BCUT2D eigenvalue weighted by Gasteiger charge is 2.27. The average molecular weight is 324 g/mol. The molecule has 0 saturated carbocycles. The summed E-state index contributed by atoms with van der Waals surface area (Å²) < 4.78 is 5.70. The number of benzene rings is 1. The van der Waals surface area contributed by atoms with Crippen molar-refractivity contribution in [3.05, 3.63) is 66.0 Å². The number of aromatic nitrogens is 1. The van der Waals surface area contributed by atoms with E-state index in [1.165, 1.54) is 5.56 Å². The van der Waals surface area contributed by atoms with Gasteiger partial charge in [0.15, 0.2) is 0 Å². The lowest BCUT2D eigenvalue weighted by atomic mass is 10.1. The topological polar surface area (TPSA) is 42.4 Å². The van der Waals surface area contributed by atoms with Crippen LogP contribution in [-0.4, -0.2) is 35.0 Å². The summed E-state index contributed by atoms with van der Waals surface area (Å²) in [5.41, 5.74) is 2.15. The number of carbonyl (C=O) groups excluding carboxylic acids is 1. The van der Waals surface area contributed by atoms with E-state index in [2.05, 4.69) is 17.1 Å². The Morgan fingerprint density at radius 3 is 2.67 bits per heavy atom. The lowest BCUT2D eigenvalue weighted by molar-refractivity contribution is -0.147. The van der Waals surface area contributed by atoms with Gasteiger partial charge in [-0.15, -0.1) is 0 Å². The van der Waals surface area contributed by atoms with E-state index < -0.39 is 0 Å². The highest BCUT2D eigenvalue weighted by atomic mass is 16.5. The number of hydrogen-bond donors (Lipinski definition) is 0. The Labute approximate surface area is 143 Å². The maximum absolute atomic E-state index is 12.9. The highest BCUT2D eigenvalue weighted by molar-refractivity contribution is 5.81. The molecule has 2 heterocycles. The Hall–Kier alpha value is -2.20. The summed E-state index contributed by atoms with van der Waals surface area (Å²) in [6, 6.07) is 16.1. The molecular weight excluding hydrogens is 300 g/mol. The van der Waals surface area contributed by atoms with E-state index in [9.17, 15) is 4.79 Å². The number of hydrogen-bond acceptors (Lipinski definition) is 3. The molecule has 1 amide bonds. The Kier molecular flexibility index (Phi) is 5.96. The summed E-state index contributed by atoms with van der Waals surface area (Å²) in [6.07, 6.45) is 5.25. The van der Waals surface area contributed by atoms with E-state index in [0.717, 1.165) is 31.4 Å². The third-order valence-electron chi connectivity index (χ3n) is 4.36. The quantitative estimate of drug-likeness (QED) is 0.819. The van der Waals surface area contributed by atoms with Crippen molar-refractivity contribution in [1.82, 2.24) is 9.88 Å². The predicted molar refractivity (Wildman–Crippen MR) is 93.4 cm³/mol. The molecule has 1 fully saturated rings. The van der Waals surface area contributed by atoms with Crippen LogP contribution in [0.5, 0.6) is 0 Å². The zero-order chi connectivity index (χ0) is 16.6. The zero-order valence-corrected chi connectivity index (χ0v) is 13.9. The van der Waals surface area contributed by atoms with Crippen molar-refractivity contribution in [1.29, 1.82) is 0 Å². The fraction of sp³-hybridized carbons (Fsp3) is 0.400. The predicted octanol–water partition coefficient (Wildman–Crippen LogP) is 3.22. The molecule has 1 aromatic carbocycles. The van der Waals surface area contributed by atoms with E-state index in [4.69, 9.17) is 4.74 Å². The van der Waals surface area contributed by atoms with Gasteiger partial charge in [-0.25, -0.2) is 0 Å². The number of ether oxygens (including phenoxy) is 1. The Morgan fingerprint density at radius 1 is 1.12 bits per heavy atom. The molecule has 0 spiro atoms. The van der Waals surface area contributed by atoms with Crippen molar-refractivity contribution in [2.24, 2.45) is 0 Å². The Morgan fingerprint density at radius 2 is 1.96 bits per heavy atom. The number of rotatable bonds is 6. The Balaban J connectivity index is 1.68. The highest BCUT2D eigenvalue weighted by Crippen LogP contribution is 2.17. The minimum Gasteiger partial charge on any atom is -0.368 e. The van der Waals surface area contributed by atoms with Crippen LogP contribution < -0.4 is 0 Å². The van der Waals surface area contributed by atoms with Crippen molar-refractivity contribution in [3.8, 4) is 0 Å². The van der Waals surface area contributed by atoms with Gasteiger partial charge in [-0.1, -0.05) is 36.4 Å². The Bertz CT molecular complexity index is 625. The van der Waals surface area contributed by atoms with Crippen LogP contribution >= 0.6 is 0 Å². The molecule has 0 bridgehead atoms. The van der Waals surface area contributed by atoms with E-state index >= 15 is 0 Å². The van der Waals surface area contributed by atoms with Gasteiger partial charge in [0.25, 0.3) is 5.91 Å². The monoisotopic (exact) mass is 324 g/mol. The molecule has 0 aliphatic carbocycles. The summed E-state index contributed by atoms with van der Waals surface area (Å²) in [5.74, 6) is 0.0938. The van der Waals surface area contributed by atoms with Crippen LogP contribution in [0.15, 0.2) is 54.7 Å². The van der Waals surface area contributed by atoms with E-state index in [-0.39, 0.29) is 12.0 Å². The standard InChI is InChI=1S/C20H24N2O2/c23-20(19-11-5-7-15-24-19)22(16-18-10-4-6-13-21-18)14-12-17-8-2-1-3-9-17/h1-4,6,8-10,13,19H,5,7,11-12,14-16H2. The third kappa shape index (κ3) is 4.65. The van der Waals surface area contributed by atoms with Gasteiger partial charge in [-0.3, -0.25) is 9.78 Å². The first-order chi connectivity index (χ1) is 11.8. The van der Waals surface area contributed by atoms with Crippen molar-refractivity contribution in [2.75, 3.05) is 13.2 Å². The van der Waals surface area contributed by atoms with Crippen LogP contribution in [0.1, 0.15) is 30.5 Å². The first kappa shape index (κ1) is 16.7. The number of pyridine rings is 1. The first-order valence-corrected chi connectivity index (χ1v) is 8.67. The molecule has 1 aliphatic heterocycles. The zero-order valence-electron chi connectivity index (χ0n) is 13.9. The molecule has 2 aromatic rings. The summed E-state index contributed by atoms with van der Waals surface area (Å²) in [4.78, 5) is 19.2. The van der Waals surface area contributed by atoms with Gasteiger partial charge < -0.3 is 9.64 Å². The second-order valence-electron chi connectivity index (χ2n) is 6.17. The van der Waals surface area contributed by atoms with Crippen LogP contribution in [0.25, 0.3) is 0 Å². The molecule has 126 valence electrons. The van der Waals surface area contributed by atoms with Crippen LogP contribution in [-0.2, 0) is 22.5 Å². The first-order valence-electron chi connectivity index (χ1n) is 8.67. The van der Waals surface area contributed by atoms with Gasteiger partial charge in [0, 0.05) is 19.3 Å². The molecule has 1 aliphatic rings. The van der Waals surface area contributed by atoms with Gasteiger partial charge in [0.1, 0.15) is 6.10 Å². The van der Waals surface area contributed by atoms with Crippen LogP contribution in [0, 0.1) is 0 Å². The van der Waals surface area contributed by atoms with E-state index in [0.29, 0.717) is 19.7 Å². The fourth-order valence-electron chi connectivity index (χ4n) is 3.00. The molecule has 4 nitrogen and oxygen atoms in total. The van der Waals surface area contributed by atoms with Crippen molar-refractivity contribution >= 4 is 5.91 Å². The molecule has 1 saturated heterocycles. The molecular formula is C20H24N2O2. The lowest BCUT2D eigenvalue weighted by Gasteiger charge is -2.29. The number of amides is 1.